The summed E-state index contributed by atoms with van der Waals surface area (Å²) in [6, 6.07) is 12.7. The van der Waals surface area contributed by atoms with Crippen molar-refractivity contribution in [2.75, 3.05) is 12.4 Å². The SMILES string of the molecule is COc1ccc(NC(=O)Cn2c(=O)n(-c3cccc(C)c3)c(=O)c3sccc32)cc1F. The summed E-state index contributed by atoms with van der Waals surface area (Å²) >= 11 is 1.20. The van der Waals surface area contributed by atoms with Crippen LogP contribution in [0.2, 0.25) is 0 Å². The van der Waals surface area contributed by atoms with Crippen LogP contribution in [0, 0.1) is 12.7 Å². The minimum atomic E-state index is -0.627. The lowest BCUT2D eigenvalue weighted by molar-refractivity contribution is -0.116. The summed E-state index contributed by atoms with van der Waals surface area (Å²) in [6.07, 6.45) is 0. The number of aryl methyl sites for hydroxylation is 1. The number of fused-ring (bicyclic) bond motifs is 1. The Morgan fingerprint density at radius 1 is 1.16 bits per heavy atom. The van der Waals surface area contributed by atoms with Crippen LogP contribution in [0.5, 0.6) is 5.75 Å². The number of ether oxygens (including phenoxy) is 1. The Morgan fingerprint density at radius 3 is 2.68 bits per heavy atom. The molecule has 0 spiro atoms. The maximum atomic E-state index is 13.9. The molecule has 0 fully saturated rings. The standard InChI is InChI=1S/C22H18FN3O4S/c1-13-4-3-5-15(10-13)26-21(28)20-17(8-9-31-20)25(22(26)29)12-19(27)24-14-6-7-18(30-2)16(23)11-14/h3-11H,12H2,1-2H3,(H,24,27). The molecule has 0 aliphatic rings. The quantitative estimate of drug-likeness (QED) is 0.517. The van der Waals surface area contributed by atoms with Gasteiger partial charge in [0, 0.05) is 11.8 Å². The molecule has 0 bridgehead atoms. The fourth-order valence-electron chi connectivity index (χ4n) is 3.32. The fourth-order valence-corrected chi connectivity index (χ4v) is 4.15. The van der Waals surface area contributed by atoms with E-state index in [0.29, 0.717) is 15.9 Å². The van der Waals surface area contributed by atoms with E-state index in [1.807, 2.05) is 13.0 Å². The van der Waals surface area contributed by atoms with Crippen LogP contribution in [-0.2, 0) is 11.3 Å². The van der Waals surface area contributed by atoms with Gasteiger partial charge in [0.25, 0.3) is 5.56 Å². The lowest BCUT2D eigenvalue weighted by Crippen LogP contribution is -2.40. The molecule has 0 aliphatic heterocycles. The Bertz CT molecular complexity index is 1420. The number of halogens is 1. The van der Waals surface area contributed by atoms with E-state index in [0.717, 1.165) is 16.2 Å². The minimum Gasteiger partial charge on any atom is -0.494 e. The third-order valence-electron chi connectivity index (χ3n) is 4.75. The molecule has 4 rings (SSSR count). The van der Waals surface area contributed by atoms with Gasteiger partial charge in [0.1, 0.15) is 11.2 Å². The molecule has 31 heavy (non-hydrogen) atoms. The zero-order valence-corrected chi connectivity index (χ0v) is 17.5. The van der Waals surface area contributed by atoms with Gasteiger partial charge < -0.3 is 10.1 Å². The van der Waals surface area contributed by atoms with Crippen molar-refractivity contribution >= 4 is 33.1 Å². The Labute approximate surface area is 180 Å². The van der Waals surface area contributed by atoms with Gasteiger partial charge in [-0.15, -0.1) is 11.3 Å². The van der Waals surface area contributed by atoms with Crippen LogP contribution < -0.4 is 21.3 Å². The minimum absolute atomic E-state index is 0.0550. The molecule has 4 aromatic rings. The van der Waals surface area contributed by atoms with E-state index in [1.54, 1.807) is 29.6 Å². The molecule has 7 nitrogen and oxygen atoms in total. The van der Waals surface area contributed by atoms with Gasteiger partial charge in [0.05, 0.1) is 18.3 Å². The maximum absolute atomic E-state index is 13.9. The molecule has 2 aromatic carbocycles. The first-order valence-electron chi connectivity index (χ1n) is 9.32. The molecule has 0 radical (unpaired) electrons. The second-order valence-electron chi connectivity index (χ2n) is 6.88. The van der Waals surface area contributed by atoms with E-state index in [2.05, 4.69) is 5.32 Å². The predicted octanol–water partition coefficient (Wildman–Crippen LogP) is 3.31. The van der Waals surface area contributed by atoms with Gasteiger partial charge in [-0.2, -0.15) is 0 Å². The lowest BCUT2D eigenvalue weighted by Gasteiger charge is -2.13. The number of nitrogens with zero attached hydrogens (tertiary/aromatic N) is 2. The van der Waals surface area contributed by atoms with Crippen molar-refractivity contribution in [3.8, 4) is 11.4 Å². The van der Waals surface area contributed by atoms with Crippen molar-refractivity contribution in [3.63, 3.8) is 0 Å². The third-order valence-corrected chi connectivity index (χ3v) is 5.64. The van der Waals surface area contributed by atoms with Crippen molar-refractivity contribution in [1.82, 2.24) is 9.13 Å². The average molecular weight is 439 g/mol. The number of carbonyl (C=O) groups is 1. The van der Waals surface area contributed by atoms with Gasteiger partial charge in [-0.05, 0) is 48.2 Å². The zero-order chi connectivity index (χ0) is 22.1. The molecule has 0 saturated carbocycles. The number of methoxy groups -OCH3 is 1. The Kier molecular flexibility index (Phi) is 5.43. The van der Waals surface area contributed by atoms with Crippen LogP contribution in [0.3, 0.4) is 0 Å². The maximum Gasteiger partial charge on any atom is 0.336 e. The second-order valence-corrected chi connectivity index (χ2v) is 7.80. The predicted molar refractivity (Wildman–Crippen MR) is 118 cm³/mol. The Balaban J connectivity index is 1.75. The summed E-state index contributed by atoms with van der Waals surface area (Å²) in [6.45, 7) is 1.52. The lowest BCUT2D eigenvalue weighted by atomic mass is 10.2. The van der Waals surface area contributed by atoms with Gasteiger partial charge in [-0.25, -0.2) is 13.8 Å². The molecular formula is C22H18FN3O4S. The van der Waals surface area contributed by atoms with Crippen LogP contribution in [-0.4, -0.2) is 22.2 Å². The highest BCUT2D eigenvalue weighted by Crippen LogP contribution is 2.21. The number of hydrogen-bond acceptors (Lipinski definition) is 5. The van der Waals surface area contributed by atoms with Crippen LogP contribution in [0.25, 0.3) is 15.9 Å². The molecule has 1 amide bonds. The van der Waals surface area contributed by atoms with Crippen LogP contribution in [0.15, 0.2) is 63.5 Å². The number of carbonyl (C=O) groups excluding carboxylic acids is 1. The van der Waals surface area contributed by atoms with Gasteiger partial charge in [-0.3, -0.25) is 14.2 Å². The Morgan fingerprint density at radius 2 is 1.97 bits per heavy atom. The first-order chi connectivity index (χ1) is 14.9. The summed E-state index contributed by atoms with van der Waals surface area (Å²) in [5.74, 6) is -1.10. The highest BCUT2D eigenvalue weighted by atomic mass is 32.1. The van der Waals surface area contributed by atoms with Crippen LogP contribution >= 0.6 is 11.3 Å². The van der Waals surface area contributed by atoms with Crippen molar-refractivity contribution in [2.45, 2.75) is 13.5 Å². The summed E-state index contributed by atoms with van der Waals surface area (Å²) < 4.78 is 21.4. The van der Waals surface area contributed by atoms with Crippen LogP contribution in [0.4, 0.5) is 10.1 Å². The normalized spacial score (nSPS) is 10.9. The van der Waals surface area contributed by atoms with E-state index in [-0.39, 0.29) is 18.0 Å². The highest BCUT2D eigenvalue weighted by molar-refractivity contribution is 7.17. The molecule has 0 unspecified atom stereocenters. The molecule has 9 heteroatoms. The number of aromatic nitrogens is 2. The largest absolute Gasteiger partial charge is 0.494 e. The average Bonchev–Trinajstić information content (AvgIpc) is 3.22. The summed E-state index contributed by atoms with van der Waals surface area (Å²) in [5.41, 5.74) is 0.856. The number of nitrogens with one attached hydrogen (secondary N) is 1. The van der Waals surface area contributed by atoms with E-state index in [4.69, 9.17) is 4.74 Å². The molecule has 0 atom stereocenters. The van der Waals surface area contributed by atoms with E-state index >= 15 is 0 Å². The summed E-state index contributed by atoms with van der Waals surface area (Å²) in [4.78, 5) is 38.8. The summed E-state index contributed by atoms with van der Waals surface area (Å²) in [5, 5.41) is 4.27. The van der Waals surface area contributed by atoms with E-state index in [9.17, 15) is 18.8 Å². The molecular weight excluding hydrogens is 421 g/mol. The molecule has 0 aliphatic carbocycles. The highest BCUT2D eigenvalue weighted by Gasteiger charge is 2.18. The first kappa shape index (κ1) is 20.5. The third kappa shape index (κ3) is 3.87. The monoisotopic (exact) mass is 439 g/mol. The van der Waals surface area contributed by atoms with Gasteiger partial charge in [-0.1, -0.05) is 12.1 Å². The van der Waals surface area contributed by atoms with E-state index < -0.39 is 23.0 Å². The second kappa shape index (κ2) is 8.19. The molecule has 1 N–H and O–H groups in total. The van der Waals surface area contributed by atoms with Gasteiger partial charge in [0.15, 0.2) is 11.6 Å². The van der Waals surface area contributed by atoms with Crippen molar-refractivity contribution in [2.24, 2.45) is 0 Å². The molecule has 2 aromatic heterocycles. The topological polar surface area (TPSA) is 82.3 Å². The number of anilines is 1. The van der Waals surface area contributed by atoms with Gasteiger partial charge in [0.2, 0.25) is 5.91 Å². The molecule has 158 valence electrons. The molecule has 2 heterocycles. The summed E-state index contributed by atoms with van der Waals surface area (Å²) in [7, 11) is 1.35. The van der Waals surface area contributed by atoms with Crippen LogP contribution in [0.1, 0.15) is 5.56 Å². The van der Waals surface area contributed by atoms with Gasteiger partial charge >= 0.3 is 5.69 Å². The first-order valence-corrected chi connectivity index (χ1v) is 10.2. The molecule has 0 saturated heterocycles. The van der Waals surface area contributed by atoms with Crippen molar-refractivity contribution < 1.29 is 13.9 Å². The number of thiophene rings is 1. The number of benzene rings is 2. The fraction of sp³-hybridized carbons (Fsp3) is 0.136. The van der Waals surface area contributed by atoms with Crippen molar-refractivity contribution in [1.29, 1.82) is 0 Å². The van der Waals surface area contributed by atoms with Crippen molar-refractivity contribution in [3.05, 3.63) is 86.1 Å². The Hall–Kier alpha value is -3.72. The zero-order valence-electron chi connectivity index (χ0n) is 16.7. The number of rotatable bonds is 5. The van der Waals surface area contributed by atoms with E-state index in [1.165, 1.54) is 35.1 Å². The number of amides is 1. The number of hydrogen-bond donors (Lipinski definition) is 1. The smallest absolute Gasteiger partial charge is 0.336 e.